The van der Waals surface area contributed by atoms with Crippen molar-refractivity contribution in [2.45, 2.75) is 32.1 Å². The van der Waals surface area contributed by atoms with Crippen LogP contribution in [0.5, 0.6) is 0 Å². The van der Waals surface area contributed by atoms with Crippen LogP contribution < -0.4 is 0 Å². The number of halogens is 1. The Hall–Kier alpha value is -0.0900. The van der Waals surface area contributed by atoms with Crippen LogP contribution in [0.15, 0.2) is 24.3 Å². The van der Waals surface area contributed by atoms with Crippen LogP contribution in [0, 0.1) is 3.57 Å². The van der Waals surface area contributed by atoms with Gasteiger partial charge in [-0.1, -0.05) is 31.0 Å². The molecule has 0 fully saturated rings. The Balaban J connectivity index is 2.21. The van der Waals surface area contributed by atoms with Gasteiger partial charge in [-0.3, -0.25) is 0 Å². The molecule has 0 spiro atoms. The van der Waals surface area contributed by atoms with Crippen molar-refractivity contribution in [2.24, 2.45) is 0 Å². The first-order valence-electron chi connectivity index (χ1n) is 5.19. The Morgan fingerprint density at radius 1 is 1.00 bits per heavy atom. The van der Waals surface area contributed by atoms with Crippen molar-refractivity contribution in [1.29, 1.82) is 0 Å². The van der Waals surface area contributed by atoms with E-state index in [-0.39, 0.29) is 0 Å². The van der Waals surface area contributed by atoms with Gasteiger partial charge in [0.2, 0.25) is 0 Å². The highest BCUT2D eigenvalue weighted by molar-refractivity contribution is 14.1. The summed E-state index contributed by atoms with van der Waals surface area (Å²) in [5.74, 6) is 0. The van der Waals surface area contributed by atoms with Gasteiger partial charge in [0.25, 0.3) is 0 Å². The molecule has 0 aliphatic heterocycles. The van der Waals surface area contributed by atoms with Crippen molar-refractivity contribution < 1.29 is 5.11 Å². The molecular formula is C12H17IO. The zero-order valence-corrected chi connectivity index (χ0v) is 10.5. The molecule has 0 saturated heterocycles. The number of benzene rings is 1. The first-order chi connectivity index (χ1) is 6.84. The number of hydrogen-bond acceptors (Lipinski definition) is 1. The lowest BCUT2D eigenvalue weighted by atomic mass is 10.1. The number of aliphatic hydroxyl groups excluding tert-OH is 1. The SMILES string of the molecule is OCCCCCCc1ccccc1I. The van der Waals surface area contributed by atoms with Gasteiger partial charge in [-0.2, -0.15) is 0 Å². The van der Waals surface area contributed by atoms with E-state index in [9.17, 15) is 0 Å². The van der Waals surface area contributed by atoms with E-state index < -0.39 is 0 Å². The molecule has 1 aromatic rings. The van der Waals surface area contributed by atoms with Gasteiger partial charge < -0.3 is 5.11 Å². The quantitative estimate of drug-likeness (QED) is 0.631. The normalized spacial score (nSPS) is 10.4. The first-order valence-corrected chi connectivity index (χ1v) is 6.26. The largest absolute Gasteiger partial charge is 0.396 e. The van der Waals surface area contributed by atoms with Crippen LogP contribution in [0.25, 0.3) is 0 Å². The monoisotopic (exact) mass is 304 g/mol. The molecule has 0 bridgehead atoms. The lowest BCUT2D eigenvalue weighted by Gasteiger charge is -2.03. The summed E-state index contributed by atoms with van der Waals surface area (Å²) in [5, 5.41) is 8.63. The van der Waals surface area contributed by atoms with E-state index in [1.807, 2.05) is 0 Å². The maximum Gasteiger partial charge on any atom is 0.0431 e. The molecule has 2 heteroatoms. The highest BCUT2D eigenvalue weighted by Gasteiger charge is 1.97. The van der Waals surface area contributed by atoms with E-state index in [1.54, 1.807) is 0 Å². The van der Waals surface area contributed by atoms with E-state index in [4.69, 9.17) is 5.11 Å². The average molecular weight is 304 g/mol. The van der Waals surface area contributed by atoms with Crippen molar-refractivity contribution in [2.75, 3.05) is 6.61 Å². The molecule has 1 nitrogen and oxygen atoms in total. The summed E-state index contributed by atoms with van der Waals surface area (Å²) in [7, 11) is 0. The summed E-state index contributed by atoms with van der Waals surface area (Å²) in [6.07, 6.45) is 5.74. The minimum Gasteiger partial charge on any atom is -0.396 e. The fraction of sp³-hybridized carbons (Fsp3) is 0.500. The maximum atomic E-state index is 8.63. The Bertz CT molecular complexity index is 260. The molecule has 0 aliphatic rings. The molecule has 0 saturated carbocycles. The van der Waals surface area contributed by atoms with Gasteiger partial charge in [-0.05, 0) is 53.5 Å². The van der Waals surface area contributed by atoms with Crippen molar-refractivity contribution in [3.8, 4) is 0 Å². The lowest BCUT2D eigenvalue weighted by Crippen LogP contribution is -1.90. The van der Waals surface area contributed by atoms with Crippen molar-refractivity contribution in [3.63, 3.8) is 0 Å². The van der Waals surface area contributed by atoms with Gasteiger partial charge in [0.05, 0.1) is 0 Å². The Morgan fingerprint density at radius 2 is 1.71 bits per heavy atom. The van der Waals surface area contributed by atoms with Gasteiger partial charge in [0.15, 0.2) is 0 Å². The third-order valence-electron chi connectivity index (χ3n) is 2.31. The van der Waals surface area contributed by atoms with Crippen molar-refractivity contribution >= 4 is 22.6 Å². The highest BCUT2D eigenvalue weighted by atomic mass is 127. The predicted octanol–water partition coefficient (Wildman–Crippen LogP) is 3.39. The third kappa shape index (κ3) is 4.42. The topological polar surface area (TPSA) is 20.2 Å². The second-order valence-electron chi connectivity index (χ2n) is 3.48. The summed E-state index contributed by atoms with van der Waals surface area (Å²) in [6.45, 7) is 0.336. The van der Waals surface area contributed by atoms with E-state index >= 15 is 0 Å². The smallest absolute Gasteiger partial charge is 0.0431 e. The van der Waals surface area contributed by atoms with Gasteiger partial charge in [-0.25, -0.2) is 0 Å². The lowest BCUT2D eigenvalue weighted by molar-refractivity contribution is 0.282. The molecule has 1 aromatic carbocycles. The van der Waals surface area contributed by atoms with Crippen LogP contribution in [0.4, 0.5) is 0 Å². The minimum atomic E-state index is 0.336. The second-order valence-corrected chi connectivity index (χ2v) is 4.64. The van der Waals surface area contributed by atoms with Gasteiger partial charge in [-0.15, -0.1) is 0 Å². The summed E-state index contributed by atoms with van der Waals surface area (Å²) in [6, 6.07) is 8.54. The predicted molar refractivity (Wildman–Crippen MR) is 68.4 cm³/mol. The molecule has 0 unspecified atom stereocenters. The number of aryl methyl sites for hydroxylation is 1. The number of hydrogen-bond donors (Lipinski definition) is 1. The maximum absolute atomic E-state index is 8.63. The number of aliphatic hydroxyl groups is 1. The highest BCUT2D eigenvalue weighted by Crippen LogP contribution is 2.14. The van der Waals surface area contributed by atoms with Gasteiger partial charge in [0.1, 0.15) is 0 Å². The fourth-order valence-electron chi connectivity index (χ4n) is 1.48. The van der Waals surface area contributed by atoms with Crippen LogP contribution in [-0.4, -0.2) is 11.7 Å². The first kappa shape index (κ1) is 12.0. The molecule has 14 heavy (non-hydrogen) atoms. The molecule has 78 valence electrons. The van der Waals surface area contributed by atoms with Crippen molar-refractivity contribution in [3.05, 3.63) is 33.4 Å². The summed E-state index contributed by atoms with van der Waals surface area (Å²) in [4.78, 5) is 0. The molecule has 0 aliphatic carbocycles. The molecule has 0 radical (unpaired) electrons. The number of unbranched alkanes of at least 4 members (excludes halogenated alkanes) is 3. The minimum absolute atomic E-state index is 0.336. The number of rotatable bonds is 6. The summed E-state index contributed by atoms with van der Waals surface area (Å²) in [5.41, 5.74) is 1.46. The Kier molecular flexibility index (Phi) is 6.19. The van der Waals surface area contributed by atoms with Crippen LogP contribution in [-0.2, 0) is 6.42 Å². The Morgan fingerprint density at radius 3 is 2.43 bits per heavy atom. The van der Waals surface area contributed by atoms with E-state index in [0.717, 1.165) is 12.8 Å². The van der Waals surface area contributed by atoms with Crippen LogP contribution in [0.2, 0.25) is 0 Å². The molecular weight excluding hydrogens is 287 g/mol. The van der Waals surface area contributed by atoms with E-state index in [0.29, 0.717) is 6.61 Å². The molecule has 1 rings (SSSR count). The molecule has 0 amide bonds. The third-order valence-corrected chi connectivity index (χ3v) is 3.36. The average Bonchev–Trinajstić information content (AvgIpc) is 2.20. The zero-order valence-electron chi connectivity index (χ0n) is 8.38. The van der Waals surface area contributed by atoms with Crippen LogP contribution in [0.3, 0.4) is 0 Å². The van der Waals surface area contributed by atoms with Crippen LogP contribution >= 0.6 is 22.6 Å². The van der Waals surface area contributed by atoms with Gasteiger partial charge in [0, 0.05) is 10.2 Å². The molecule has 0 aromatic heterocycles. The molecule has 0 heterocycles. The van der Waals surface area contributed by atoms with Crippen molar-refractivity contribution in [1.82, 2.24) is 0 Å². The zero-order chi connectivity index (χ0) is 10.2. The second kappa shape index (κ2) is 7.23. The summed E-state index contributed by atoms with van der Waals surface area (Å²) >= 11 is 2.39. The molecule has 0 atom stereocenters. The van der Waals surface area contributed by atoms with E-state index in [2.05, 4.69) is 46.9 Å². The summed E-state index contributed by atoms with van der Waals surface area (Å²) < 4.78 is 1.37. The fourth-order valence-corrected chi connectivity index (χ4v) is 2.14. The van der Waals surface area contributed by atoms with Gasteiger partial charge >= 0.3 is 0 Å². The van der Waals surface area contributed by atoms with E-state index in [1.165, 1.54) is 28.4 Å². The standard InChI is InChI=1S/C12H17IO/c13-12-9-5-4-8-11(12)7-3-1-2-6-10-14/h4-5,8-9,14H,1-3,6-7,10H2. The Labute approximate surface area is 99.7 Å². The molecule has 1 N–H and O–H groups in total. The van der Waals surface area contributed by atoms with Crippen LogP contribution in [0.1, 0.15) is 31.2 Å².